The molecule has 0 bridgehead atoms. The van der Waals surface area contributed by atoms with Gasteiger partial charge in [0.25, 0.3) is 0 Å². The molecule has 0 aromatic carbocycles. The lowest BCUT2D eigenvalue weighted by atomic mass is 10.1. The second kappa shape index (κ2) is 9.05. The van der Waals surface area contributed by atoms with E-state index >= 15 is 0 Å². The first kappa shape index (κ1) is 12.0. The zero-order chi connectivity index (χ0) is 9.23. The highest BCUT2D eigenvalue weighted by Gasteiger charge is 2.01. The van der Waals surface area contributed by atoms with Gasteiger partial charge in [-0.2, -0.15) is 0 Å². The van der Waals surface area contributed by atoms with Crippen LogP contribution in [0.15, 0.2) is 0 Å². The second-order valence-corrected chi connectivity index (χ2v) is 3.50. The monoisotopic (exact) mass is 171 g/mol. The normalized spacial score (nSPS) is 13.2. The lowest BCUT2D eigenvalue weighted by Gasteiger charge is -2.08. The third-order valence-electron chi connectivity index (χ3n) is 2.18. The molecule has 1 nitrogen and oxygen atoms in total. The number of hydrogen-bond donors (Lipinski definition) is 1. The van der Waals surface area contributed by atoms with Crippen molar-refractivity contribution in [2.75, 3.05) is 0 Å². The highest BCUT2D eigenvalue weighted by atomic mass is 16.3. The van der Waals surface area contributed by atoms with Crippen molar-refractivity contribution in [3.05, 3.63) is 6.92 Å². The van der Waals surface area contributed by atoms with Gasteiger partial charge in [-0.05, 0) is 12.8 Å². The molecule has 0 amide bonds. The summed E-state index contributed by atoms with van der Waals surface area (Å²) < 4.78 is 0. The van der Waals surface area contributed by atoms with Gasteiger partial charge in [0, 0.05) is 0 Å². The molecular formula is C11H23O. The molecule has 0 saturated heterocycles. The van der Waals surface area contributed by atoms with Crippen molar-refractivity contribution in [2.24, 2.45) is 0 Å². The fraction of sp³-hybridized carbons (Fsp3) is 0.909. The molecule has 1 heteroatoms. The highest BCUT2D eigenvalue weighted by Crippen LogP contribution is 2.09. The maximum atomic E-state index is 9.46. The molecule has 0 fully saturated rings. The summed E-state index contributed by atoms with van der Waals surface area (Å²) in [4.78, 5) is 0. The summed E-state index contributed by atoms with van der Waals surface area (Å²) in [6.07, 6.45) is 8.92. The zero-order valence-corrected chi connectivity index (χ0v) is 8.39. The molecule has 0 saturated carbocycles. The van der Waals surface area contributed by atoms with Crippen molar-refractivity contribution >= 4 is 0 Å². The van der Waals surface area contributed by atoms with Crippen LogP contribution in [0.5, 0.6) is 0 Å². The van der Waals surface area contributed by atoms with Crippen LogP contribution >= 0.6 is 0 Å². The van der Waals surface area contributed by atoms with Gasteiger partial charge in [0.05, 0.1) is 6.10 Å². The Labute approximate surface area is 77.2 Å². The molecule has 0 aromatic rings. The van der Waals surface area contributed by atoms with E-state index in [0.29, 0.717) is 0 Å². The Morgan fingerprint density at radius 1 is 1.08 bits per heavy atom. The van der Waals surface area contributed by atoms with Gasteiger partial charge in [-0.1, -0.05) is 52.4 Å². The van der Waals surface area contributed by atoms with Crippen molar-refractivity contribution in [1.29, 1.82) is 0 Å². The van der Waals surface area contributed by atoms with Crippen LogP contribution in [0.25, 0.3) is 0 Å². The minimum absolute atomic E-state index is 0.0465. The van der Waals surface area contributed by atoms with Gasteiger partial charge < -0.3 is 5.11 Å². The standard InChI is InChI=1S/C11H23O/c1-3-5-7-8-10-11(12)9-6-4-2/h11-12H,1,3-10H2,2H3. The number of unbranched alkanes of at least 4 members (excludes halogenated alkanes) is 4. The average Bonchev–Trinajstić information content (AvgIpc) is 2.09. The Kier molecular flexibility index (Phi) is 9.02. The Bertz CT molecular complexity index is 81.1. The Hall–Kier alpha value is -0.0400. The van der Waals surface area contributed by atoms with Gasteiger partial charge >= 0.3 is 0 Å². The van der Waals surface area contributed by atoms with E-state index in [9.17, 15) is 5.11 Å². The van der Waals surface area contributed by atoms with Gasteiger partial charge in [-0.25, -0.2) is 0 Å². The molecule has 1 radical (unpaired) electrons. The van der Waals surface area contributed by atoms with Crippen LogP contribution in [0.1, 0.15) is 58.3 Å². The van der Waals surface area contributed by atoms with Crippen LogP contribution in [0, 0.1) is 6.92 Å². The van der Waals surface area contributed by atoms with Crippen LogP contribution in [0.4, 0.5) is 0 Å². The largest absolute Gasteiger partial charge is 0.393 e. The Morgan fingerprint density at radius 3 is 2.33 bits per heavy atom. The van der Waals surface area contributed by atoms with E-state index in [1.807, 2.05) is 0 Å². The van der Waals surface area contributed by atoms with E-state index in [-0.39, 0.29) is 6.10 Å². The maximum absolute atomic E-state index is 9.46. The Morgan fingerprint density at radius 2 is 1.75 bits per heavy atom. The summed E-state index contributed by atoms with van der Waals surface area (Å²) in [6.45, 7) is 5.95. The molecule has 73 valence electrons. The van der Waals surface area contributed by atoms with Crippen LogP contribution in [0.2, 0.25) is 0 Å². The molecule has 1 N–H and O–H groups in total. The van der Waals surface area contributed by atoms with Crippen molar-refractivity contribution in [3.8, 4) is 0 Å². The summed E-state index contributed by atoms with van der Waals surface area (Å²) in [7, 11) is 0. The van der Waals surface area contributed by atoms with Gasteiger partial charge in [0.1, 0.15) is 0 Å². The molecule has 0 aromatic heterocycles. The molecule has 1 atom stereocenters. The predicted octanol–water partition coefficient (Wildman–Crippen LogP) is 3.32. The topological polar surface area (TPSA) is 20.2 Å². The zero-order valence-electron chi connectivity index (χ0n) is 8.39. The van der Waals surface area contributed by atoms with Crippen molar-refractivity contribution in [3.63, 3.8) is 0 Å². The molecule has 1 unspecified atom stereocenters. The van der Waals surface area contributed by atoms with E-state index < -0.39 is 0 Å². The van der Waals surface area contributed by atoms with Gasteiger partial charge in [0.15, 0.2) is 0 Å². The van der Waals surface area contributed by atoms with Gasteiger partial charge in [-0.3, -0.25) is 0 Å². The highest BCUT2D eigenvalue weighted by molar-refractivity contribution is 4.56. The van der Waals surface area contributed by atoms with Crippen LogP contribution in [-0.4, -0.2) is 11.2 Å². The fourth-order valence-electron chi connectivity index (χ4n) is 1.32. The van der Waals surface area contributed by atoms with Gasteiger partial charge in [-0.15, -0.1) is 0 Å². The maximum Gasteiger partial charge on any atom is 0.0540 e. The molecule has 0 aliphatic rings. The molecule has 0 spiro atoms. The lowest BCUT2D eigenvalue weighted by Crippen LogP contribution is -2.05. The van der Waals surface area contributed by atoms with Gasteiger partial charge in [0.2, 0.25) is 0 Å². The quantitative estimate of drug-likeness (QED) is 0.555. The number of hydrogen-bond acceptors (Lipinski definition) is 1. The summed E-state index contributed by atoms with van der Waals surface area (Å²) >= 11 is 0. The molecular weight excluding hydrogens is 148 g/mol. The summed E-state index contributed by atoms with van der Waals surface area (Å²) in [5.41, 5.74) is 0. The van der Waals surface area contributed by atoms with E-state index in [0.717, 1.165) is 25.7 Å². The fourth-order valence-corrected chi connectivity index (χ4v) is 1.32. The first-order valence-corrected chi connectivity index (χ1v) is 5.28. The summed E-state index contributed by atoms with van der Waals surface area (Å²) in [6, 6.07) is 0. The molecule has 0 aliphatic heterocycles. The lowest BCUT2D eigenvalue weighted by molar-refractivity contribution is 0.148. The first-order valence-electron chi connectivity index (χ1n) is 5.28. The van der Waals surface area contributed by atoms with E-state index in [2.05, 4.69) is 13.8 Å². The molecule has 0 rings (SSSR count). The van der Waals surface area contributed by atoms with Crippen LogP contribution in [0.3, 0.4) is 0 Å². The average molecular weight is 171 g/mol. The first-order chi connectivity index (χ1) is 5.81. The SMILES string of the molecule is [CH2]CCCCCC(O)CCCC. The summed E-state index contributed by atoms with van der Waals surface area (Å²) in [5.74, 6) is 0. The minimum atomic E-state index is -0.0465. The Balaban J connectivity index is 3.02. The molecule has 0 heterocycles. The van der Waals surface area contributed by atoms with Crippen molar-refractivity contribution < 1.29 is 5.11 Å². The van der Waals surface area contributed by atoms with E-state index in [1.165, 1.54) is 25.7 Å². The van der Waals surface area contributed by atoms with E-state index in [1.54, 1.807) is 0 Å². The third-order valence-corrected chi connectivity index (χ3v) is 2.18. The van der Waals surface area contributed by atoms with Crippen LogP contribution < -0.4 is 0 Å². The number of aliphatic hydroxyl groups is 1. The minimum Gasteiger partial charge on any atom is -0.393 e. The number of rotatable bonds is 8. The van der Waals surface area contributed by atoms with Crippen LogP contribution in [-0.2, 0) is 0 Å². The van der Waals surface area contributed by atoms with Crippen molar-refractivity contribution in [1.82, 2.24) is 0 Å². The number of aliphatic hydroxyl groups excluding tert-OH is 1. The molecule has 0 aliphatic carbocycles. The second-order valence-electron chi connectivity index (χ2n) is 3.50. The smallest absolute Gasteiger partial charge is 0.0540 e. The third kappa shape index (κ3) is 8.06. The van der Waals surface area contributed by atoms with Crippen molar-refractivity contribution in [2.45, 2.75) is 64.4 Å². The molecule has 12 heavy (non-hydrogen) atoms. The predicted molar refractivity (Wildman–Crippen MR) is 54.0 cm³/mol. The van der Waals surface area contributed by atoms with E-state index in [4.69, 9.17) is 0 Å². The summed E-state index contributed by atoms with van der Waals surface area (Å²) in [5, 5.41) is 9.46.